The molecule has 32 heavy (non-hydrogen) atoms. The highest BCUT2D eigenvalue weighted by molar-refractivity contribution is 5.99. The fourth-order valence-electron chi connectivity index (χ4n) is 3.19. The van der Waals surface area contributed by atoms with Gasteiger partial charge in [0.25, 0.3) is 16.8 Å². The normalized spacial score (nSPS) is 11.5. The van der Waals surface area contributed by atoms with Crippen LogP contribution in [0.5, 0.6) is 5.75 Å². The Balaban J connectivity index is 0.00000176. The van der Waals surface area contributed by atoms with E-state index in [0.717, 1.165) is 10.8 Å². The summed E-state index contributed by atoms with van der Waals surface area (Å²) in [7, 11) is 3.10. The van der Waals surface area contributed by atoms with Crippen LogP contribution < -0.4 is 27.0 Å². The summed E-state index contributed by atoms with van der Waals surface area (Å²) in [5.41, 5.74) is -1.49. The number of phenols is 1. The van der Waals surface area contributed by atoms with Crippen molar-refractivity contribution in [2.24, 2.45) is 5.84 Å². The number of amides is 1. The number of carbonyl (C=O) groups is 1. The van der Waals surface area contributed by atoms with Gasteiger partial charge in [0, 0.05) is 14.1 Å². The average Bonchev–Trinajstić information content (AvgIpc) is 3.22. The molecule has 3 aromatic rings. The number of para-hydroxylation sites is 1. The Morgan fingerprint density at radius 2 is 1.81 bits per heavy atom. The van der Waals surface area contributed by atoms with Gasteiger partial charge in [0.15, 0.2) is 5.75 Å². The van der Waals surface area contributed by atoms with E-state index in [1.165, 1.54) is 23.1 Å². The lowest BCUT2D eigenvalue weighted by Crippen LogP contribution is -2.44. The van der Waals surface area contributed by atoms with Gasteiger partial charge in [0.1, 0.15) is 28.6 Å². The van der Waals surface area contributed by atoms with Gasteiger partial charge in [-0.3, -0.25) is 19.4 Å². The van der Waals surface area contributed by atoms with E-state index in [-0.39, 0.29) is 34.4 Å². The lowest BCUT2D eigenvalue weighted by Gasteiger charge is -2.26. The first-order valence-electron chi connectivity index (χ1n) is 10.4. The van der Waals surface area contributed by atoms with Crippen LogP contribution in [-0.2, 0) is 0 Å². The van der Waals surface area contributed by atoms with Crippen LogP contribution in [0.2, 0.25) is 0 Å². The number of furan rings is 1. The van der Waals surface area contributed by atoms with Gasteiger partial charge in [-0.05, 0) is 37.6 Å². The average molecular weight is 443 g/mol. The van der Waals surface area contributed by atoms with Gasteiger partial charge in [0.05, 0.1) is 11.6 Å². The minimum absolute atomic E-state index is 0.0265. The third-order valence-electron chi connectivity index (χ3n) is 4.87. The minimum Gasteiger partial charge on any atom is -0.505 e. The van der Waals surface area contributed by atoms with Crippen molar-refractivity contribution in [3.8, 4) is 5.75 Å². The first-order valence-corrected chi connectivity index (χ1v) is 10.4. The van der Waals surface area contributed by atoms with E-state index < -0.39 is 16.8 Å². The number of rotatable bonds is 7. The Kier molecular flexibility index (Phi) is 7.82. The van der Waals surface area contributed by atoms with Gasteiger partial charge in [-0.15, -0.1) is 0 Å². The number of aromatic hydroxyl groups is 1. The molecule has 4 N–H and O–H groups in total. The highest BCUT2D eigenvalue weighted by Crippen LogP contribution is 2.36. The zero-order chi connectivity index (χ0) is 24.2. The molecule has 0 aliphatic heterocycles. The minimum atomic E-state index is -0.783. The van der Waals surface area contributed by atoms with E-state index in [1.807, 2.05) is 33.8 Å². The van der Waals surface area contributed by atoms with Gasteiger partial charge < -0.3 is 19.7 Å². The number of hydrazine groups is 1. The number of benzene rings is 1. The molecule has 9 nitrogen and oxygen atoms in total. The molecule has 0 aliphatic rings. The van der Waals surface area contributed by atoms with Crippen LogP contribution in [-0.4, -0.2) is 30.0 Å². The number of hydrogen-bond donors (Lipinski definition) is 3. The van der Waals surface area contributed by atoms with Gasteiger partial charge in [-0.25, -0.2) is 5.84 Å². The number of anilines is 3. The molecule has 0 radical (unpaired) electrons. The molecule has 0 unspecified atom stereocenters. The van der Waals surface area contributed by atoms with Crippen molar-refractivity contribution in [1.82, 2.24) is 4.90 Å². The van der Waals surface area contributed by atoms with E-state index >= 15 is 0 Å². The zero-order valence-corrected chi connectivity index (χ0v) is 19.2. The van der Waals surface area contributed by atoms with Crippen molar-refractivity contribution in [2.75, 3.05) is 24.4 Å². The van der Waals surface area contributed by atoms with E-state index in [1.54, 1.807) is 20.2 Å². The molecule has 0 spiro atoms. The van der Waals surface area contributed by atoms with Crippen LogP contribution in [0.25, 0.3) is 0 Å². The second-order valence-corrected chi connectivity index (χ2v) is 7.18. The summed E-state index contributed by atoms with van der Waals surface area (Å²) in [4.78, 5) is 38.1. The largest absolute Gasteiger partial charge is 0.505 e. The smallest absolute Gasteiger partial charge is 0.257 e. The predicted octanol–water partition coefficient (Wildman–Crippen LogP) is 3.19. The summed E-state index contributed by atoms with van der Waals surface area (Å²) in [6.45, 7) is 7.72. The fourth-order valence-corrected chi connectivity index (χ4v) is 3.19. The van der Waals surface area contributed by atoms with Crippen molar-refractivity contribution in [1.29, 1.82) is 0 Å². The topological polar surface area (TPSA) is 129 Å². The summed E-state index contributed by atoms with van der Waals surface area (Å²) in [6, 6.07) is 7.69. The molecular weight excluding hydrogens is 412 g/mol. The number of nitrogens with two attached hydrogens (primary N) is 1. The highest BCUT2D eigenvalue weighted by Gasteiger charge is 2.30. The Bertz CT molecular complexity index is 1160. The summed E-state index contributed by atoms with van der Waals surface area (Å²) >= 11 is 0. The molecule has 172 valence electrons. The van der Waals surface area contributed by atoms with Crippen molar-refractivity contribution in [3.63, 3.8) is 0 Å². The Morgan fingerprint density at radius 1 is 1.16 bits per heavy atom. The first kappa shape index (κ1) is 24.7. The molecule has 9 heteroatoms. The van der Waals surface area contributed by atoms with Crippen molar-refractivity contribution in [2.45, 2.75) is 40.2 Å². The highest BCUT2D eigenvalue weighted by atomic mass is 16.3. The van der Waals surface area contributed by atoms with Gasteiger partial charge in [-0.1, -0.05) is 26.8 Å². The van der Waals surface area contributed by atoms with E-state index in [2.05, 4.69) is 5.32 Å². The first-order chi connectivity index (χ1) is 15.2. The van der Waals surface area contributed by atoms with E-state index in [9.17, 15) is 19.5 Å². The molecule has 1 atom stereocenters. The number of hydrogen-bond acceptors (Lipinski definition) is 8. The number of phenolic OH excluding ortho intramolecular Hbond substituents is 1. The van der Waals surface area contributed by atoms with Crippen LogP contribution in [0.15, 0.2) is 44.3 Å². The third kappa shape index (κ3) is 4.52. The lowest BCUT2D eigenvalue weighted by molar-refractivity contribution is 0.0824. The second kappa shape index (κ2) is 10.1. The lowest BCUT2D eigenvalue weighted by atomic mass is 10.1. The number of nitrogens with zero attached hydrogens (tertiary/aromatic N) is 2. The van der Waals surface area contributed by atoms with Crippen molar-refractivity contribution in [3.05, 3.63) is 67.9 Å². The fraction of sp³-hybridized carbons (Fsp3) is 0.348. The number of carbonyl (C=O) groups excluding carboxylic acids is 1. The molecule has 0 aliphatic carbocycles. The maximum atomic E-state index is 12.3. The SMILES string of the molecule is CC.CC[C@@H](Nc1c(N(N)c2cccc(C(=O)N(C)C)c2O)c(=O)c1=O)c1ccc(C)o1. The molecular formula is C23H30N4O5. The molecule has 0 saturated carbocycles. The molecule has 1 heterocycles. The van der Waals surface area contributed by atoms with Crippen molar-refractivity contribution < 1.29 is 14.3 Å². The predicted molar refractivity (Wildman–Crippen MR) is 125 cm³/mol. The maximum Gasteiger partial charge on any atom is 0.257 e. The van der Waals surface area contributed by atoms with Gasteiger partial charge >= 0.3 is 0 Å². The summed E-state index contributed by atoms with van der Waals surface area (Å²) < 4.78 is 5.62. The number of aryl methyl sites for hydroxylation is 1. The Labute approximate surface area is 186 Å². The van der Waals surface area contributed by atoms with Crippen LogP contribution in [0, 0.1) is 6.92 Å². The van der Waals surface area contributed by atoms with Crippen LogP contribution in [0.3, 0.4) is 0 Å². The summed E-state index contributed by atoms with van der Waals surface area (Å²) in [5, 5.41) is 14.5. The second-order valence-electron chi connectivity index (χ2n) is 7.18. The number of nitrogens with one attached hydrogen (secondary N) is 1. The molecule has 1 amide bonds. The van der Waals surface area contributed by atoms with E-state index in [0.29, 0.717) is 12.2 Å². The Hall–Kier alpha value is -3.59. The molecule has 0 fully saturated rings. The molecule has 1 aromatic heterocycles. The standard InChI is InChI=1S/C21H24N4O5.C2H6/c1-5-13(15-10-9-11(2)30-15)23-16-17(20(28)19(16)27)25(22)14-8-6-7-12(18(14)26)21(29)24(3)4;1-2/h6-10,13,23,26H,5,22H2,1-4H3;1-2H3/t13-;/m1./s1. The molecule has 0 saturated heterocycles. The van der Waals surface area contributed by atoms with Gasteiger partial charge in [-0.2, -0.15) is 0 Å². The molecule has 2 aromatic carbocycles. The van der Waals surface area contributed by atoms with Crippen molar-refractivity contribution >= 4 is 23.0 Å². The molecule has 0 bridgehead atoms. The maximum absolute atomic E-state index is 12.3. The van der Waals surface area contributed by atoms with Crippen LogP contribution in [0.4, 0.5) is 17.1 Å². The summed E-state index contributed by atoms with van der Waals surface area (Å²) in [5.74, 6) is 6.64. The monoisotopic (exact) mass is 442 g/mol. The molecule has 3 rings (SSSR count). The van der Waals surface area contributed by atoms with E-state index in [4.69, 9.17) is 10.3 Å². The zero-order valence-electron chi connectivity index (χ0n) is 19.2. The van der Waals surface area contributed by atoms with Gasteiger partial charge in [0.2, 0.25) is 0 Å². The van der Waals surface area contributed by atoms with Crippen LogP contribution in [0.1, 0.15) is 55.1 Å². The third-order valence-corrected chi connectivity index (χ3v) is 4.87. The summed E-state index contributed by atoms with van der Waals surface area (Å²) in [6.07, 6.45) is 0.591. The van der Waals surface area contributed by atoms with Crippen LogP contribution >= 0.6 is 0 Å². The quantitative estimate of drug-likeness (QED) is 0.289. The Morgan fingerprint density at radius 3 is 2.34 bits per heavy atom.